The van der Waals surface area contributed by atoms with Gasteiger partial charge >= 0.3 is 5.97 Å². The molecule has 3 rings (SSSR count). The Hall–Kier alpha value is -2.29. The van der Waals surface area contributed by atoms with Gasteiger partial charge in [0, 0.05) is 24.0 Å². The van der Waals surface area contributed by atoms with Crippen molar-refractivity contribution in [2.24, 2.45) is 5.92 Å². The van der Waals surface area contributed by atoms with Crippen LogP contribution >= 0.6 is 11.3 Å². The van der Waals surface area contributed by atoms with Crippen LogP contribution in [0.1, 0.15) is 6.42 Å². The summed E-state index contributed by atoms with van der Waals surface area (Å²) in [5.41, 5.74) is 0.866. The maximum absolute atomic E-state index is 12.1. The number of aliphatic carboxylic acids is 1. The van der Waals surface area contributed by atoms with Crippen molar-refractivity contribution in [2.45, 2.75) is 13.0 Å². The third-order valence-electron chi connectivity index (χ3n) is 3.40. The number of rotatable bonds is 4. The van der Waals surface area contributed by atoms with Gasteiger partial charge in [-0.05, 0) is 23.1 Å². The van der Waals surface area contributed by atoms with E-state index in [0.717, 1.165) is 5.56 Å². The Balaban J connectivity index is 1.62. The minimum absolute atomic E-state index is 0.0243. The lowest BCUT2D eigenvalue weighted by Gasteiger charge is -2.14. The lowest BCUT2D eigenvalue weighted by molar-refractivity contribution is -0.141. The molecule has 0 bridgehead atoms. The summed E-state index contributed by atoms with van der Waals surface area (Å²) in [6, 6.07) is 1.88. The number of carbonyl (C=O) groups is 2. The molecule has 2 aromatic rings. The number of hydrogen-bond acceptors (Lipinski definition) is 6. The lowest BCUT2D eigenvalue weighted by atomic mass is 10.1. The second-order valence-corrected chi connectivity index (χ2v) is 5.60. The van der Waals surface area contributed by atoms with E-state index in [1.807, 2.05) is 16.8 Å². The molecule has 0 aliphatic carbocycles. The second-order valence-electron chi connectivity index (χ2n) is 4.82. The largest absolute Gasteiger partial charge is 0.481 e. The van der Waals surface area contributed by atoms with E-state index in [9.17, 15) is 9.59 Å². The van der Waals surface area contributed by atoms with Crippen molar-refractivity contribution >= 4 is 23.2 Å². The van der Waals surface area contributed by atoms with E-state index in [1.54, 1.807) is 0 Å². The van der Waals surface area contributed by atoms with E-state index < -0.39 is 11.9 Å². The molecule has 0 aromatic carbocycles. The second kappa shape index (κ2) is 5.60. The number of carbonyl (C=O) groups excluding carboxylic acids is 1. The highest BCUT2D eigenvalue weighted by molar-refractivity contribution is 7.08. The van der Waals surface area contributed by atoms with E-state index in [-0.39, 0.29) is 19.0 Å². The average Bonchev–Trinajstić information content (AvgIpc) is 3.19. The first-order chi connectivity index (χ1) is 10.1. The Morgan fingerprint density at radius 3 is 3.00 bits per heavy atom. The Bertz CT molecular complexity index is 654. The SMILES string of the molecule is O=C(O)C1CCN(C(=O)Cn2nnc(-c3ccsc3)n2)C1. The number of carboxylic acid groups (broad SMARTS) is 1. The predicted octanol–water partition coefficient (Wildman–Crippen LogP) is 0.335. The first kappa shape index (κ1) is 13.7. The number of amides is 1. The van der Waals surface area contributed by atoms with Crippen molar-refractivity contribution in [1.82, 2.24) is 25.1 Å². The summed E-state index contributed by atoms with van der Waals surface area (Å²) in [7, 11) is 0. The monoisotopic (exact) mass is 307 g/mol. The summed E-state index contributed by atoms with van der Waals surface area (Å²) in [6.07, 6.45) is 0.492. The Kier molecular flexibility index (Phi) is 3.65. The van der Waals surface area contributed by atoms with Crippen molar-refractivity contribution in [3.05, 3.63) is 16.8 Å². The van der Waals surface area contributed by atoms with Gasteiger partial charge in [0.05, 0.1) is 5.92 Å². The number of likely N-dealkylation sites (tertiary alicyclic amines) is 1. The van der Waals surface area contributed by atoms with Crippen LogP contribution in [-0.4, -0.2) is 55.2 Å². The molecule has 1 unspecified atom stereocenters. The molecule has 3 heterocycles. The van der Waals surface area contributed by atoms with Crippen LogP contribution in [0, 0.1) is 5.92 Å². The fourth-order valence-corrected chi connectivity index (χ4v) is 2.86. The lowest BCUT2D eigenvalue weighted by Crippen LogP contribution is -2.33. The summed E-state index contributed by atoms with van der Waals surface area (Å²) < 4.78 is 0. The van der Waals surface area contributed by atoms with E-state index in [1.165, 1.54) is 21.0 Å². The molecule has 2 aromatic heterocycles. The zero-order valence-corrected chi connectivity index (χ0v) is 11.9. The fourth-order valence-electron chi connectivity index (χ4n) is 2.23. The van der Waals surface area contributed by atoms with Gasteiger partial charge in [-0.1, -0.05) is 0 Å². The van der Waals surface area contributed by atoms with Gasteiger partial charge < -0.3 is 10.0 Å². The summed E-state index contributed by atoms with van der Waals surface area (Å²) in [4.78, 5) is 25.7. The molecule has 0 saturated carbocycles. The van der Waals surface area contributed by atoms with E-state index in [2.05, 4.69) is 15.4 Å². The third kappa shape index (κ3) is 2.92. The molecule has 1 amide bonds. The summed E-state index contributed by atoms with van der Waals surface area (Å²) >= 11 is 1.53. The summed E-state index contributed by atoms with van der Waals surface area (Å²) in [5.74, 6) is -1.04. The number of aromatic nitrogens is 4. The first-order valence-corrected chi connectivity index (χ1v) is 7.38. The normalized spacial score (nSPS) is 18.1. The smallest absolute Gasteiger partial charge is 0.308 e. The maximum Gasteiger partial charge on any atom is 0.308 e. The Morgan fingerprint density at radius 1 is 1.48 bits per heavy atom. The van der Waals surface area contributed by atoms with Gasteiger partial charge in [-0.3, -0.25) is 9.59 Å². The standard InChI is InChI=1S/C12H13N5O3S/c18-10(16-3-1-8(5-16)12(19)20)6-17-14-11(13-15-17)9-2-4-21-7-9/h2,4,7-8H,1,3,5-6H2,(H,19,20). The highest BCUT2D eigenvalue weighted by Gasteiger charge is 2.31. The van der Waals surface area contributed by atoms with Gasteiger partial charge in [-0.15, -0.1) is 10.2 Å². The highest BCUT2D eigenvalue weighted by atomic mass is 32.1. The van der Waals surface area contributed by atoms with Gasteiger partial charge in [-0.25, -0.2) is 0 Å². The number of carboxylic acids is 1. The predicted molar refractivity (Wildman–Crippen MR) is 73.5 cm³/mol. The third-order valence-corrected chi connectivity index (χ3v) is 4.08. The van der Waals surface area contributed by atoms with Crippen molar-refractivity contribution < 1.29 is 14.7 Å². The quantitative estimate of drug-likeness (QED) is 0.873. The van der Waals surface area contributed by atoms with Crippen LogP contribution in [-0.2, 0) is 16.1 Å². The van der Waals surface area contributed by atoms with Crippen molar-refractivity contribution in [1.29, 1.82) is 0 Å². The van der Waals surface area contributed by atoms with Gasteiger partial charge in [0.25, 0.3) is 0 Å². The van der Waals surface area contributed by atoms with Crippen LogP contribution < -0.4 is 0 Å². The molecule has 1 saturated heterocycles. The Morgan fingerprint density at radius 2 is 2.33 bits per heavy atom. The van der Waals surface area contributed by atoms with Crippen LogP contribution in [0.25, 0.3) is 11.4 Å². The molecule has 9 heteroatoms. The average molecular weight is 307 g/mol. The summed E-state index contributed by atoms with van der Waals surface area (Å²) in [6.45, 7) is 0.686. The van der Waals surface area contributed by atoms with Gasteiger partial charge in [0.2, 0.25) is 11.7 Å². The number of nitrogens with zero attached hydrogens (tertiary/aromatic N) is 5. The topological polar surface area (TPSA) is 101 Å². The zero-order valence-electron chi connectivity index (χ0n) is 11.0. The van der Waals surface area contributed by atoms with Crippen LogP contribution in [0.2, 0.25) is 0 Å². The fraction of sp³-hybridized carbons (Fsp3) is 0.417. The van der Waals surface area contributed by atoms with Crippen LogP contribution in [0.5, 0.6) is 0 Å². The minimum Gasteiger partial charge on any atom is -0.481 e. The minimum atomic E-state index is -0.857. The van der Waals surface area contributed by atoms with Crippen molar-refractivity contribution in [3.63, 3.8) is 0 Å². The molecule has 0 radical (unpaired) electrons. The molecule has 21 heavy (non-hydrogen) atoms. The van der Waals surface area contributed by atoms with Crippen molar-refractivity contribution in [3.8, 4) is 11.4 Å². The highest BCUT2D eigenvalue weighted by Crippen LogP contribution is 2.18. The van der Waals surface area contributed by atoms with Crippen molar-refractivity contribution in [2.75, 3.05) is 13.1 Å². The van der Waals surface area contributed by atoms with Crippen LogP contribution in [0.3, 0.4) is 0 Å². The van der Waals surface area contributed by atoms with E-state index >= 15 is 0 Å². The molecular weight excluding hydrogens is 294 g/mol. The number of hydrogen-bond donors (Lipinski definition) is 1. The van der Waals surface area contributed by atoms with Gasteiger partial charge in [-0.2, -0.15) is 16.1 Å². The molecule has 1 fully saturated rings. The molecule has 1 N–H and O–H groups in total. The molecule has 1 aliphatic heterocycles. The van der Waals surface area contributed by atoms with E-state index in [4.69, 9.17) is 5.11 Å². The van der Waals surface area contributed by atoms with E-state index in [0.29, 0.717) is 18.8 Å². The van der Waals surface area contributed by atoms with Gasteiger partial charge in [0.15, 0.2) is 0 Å². The maximum atomic E-state index is 12.1. The number of thiophene rings is 1. The van der Waals surface area contributed by atoms with Crippen LogP contribution in [0.4, 0.5) is 0 Å². The first-order valence-electron chi connectivity index (χ1n) is 6.44. The van der Waals surface area contributed by atoms with Gasteiger partial charge in [0.1, 0.15) is 6.54 Å². The molecule has 1 atom stereocenters. The number of tetrazole rings is 1. The molecule has 110 valence electrons. The molecule has 8 nitrogen and oxygen atoms in total. The zero-order chi connectivity index (χ0) is 14.8. The molecule has 0 spiro atoms. The molecular formula is C12H13N5O3S. The summed E-state index contributed by atoms with van der Waals surface area (Å²) in [5, 5.41) is 24.7. The molecule has 1 aliphatic rings. The van der Waals surface area contributed by atoms with Crippen LogP contribution in [0.15, 0.2) is 16.8 Å². The Labute approximate surface area is 124 Å².